The number of aryl methyl sites for hydroxylation is 2. The van der Waals surface area contributed by atoms with Crippen molar-refractivity contribution in [3.05, 3.63) is 59.2 Å². The molecule has 0 aliphatic carbocycles. The van der Waals surface area contributed by atoms with Crippen molar-refractivity contribution in [3.8, 4) is 5.40 Å². The van der Waals surface area contributed by atoms with E-state index in [0.717, 1.165) is 27.8 Å². The highest BCUT2D eigenvalue weighted by atomic mass is 32.2. The first-order chi connectivity index (χ1) is 11.5. The average molecular weight is 340 g/mol. The number of nitrogens with one attached hydrogen (secondary N) is 1. The molecule has 2 aromatic rings. The summed E-state index contributed by atoms with van der Waals surface area (Å²) in [6.45, 7) is 3.39. The van der Waals surface area contributed by atoms with Crippen LogP contribution in [0, 0.1) is 24.5 Å². The number of thiocyanates is 1. The second-order valence-corrected chi connectivity index (χ2v) is 6.02. The first-order valence-electron chi connectivity index (χ1n) is 7.20. The van der Waals surface area contributed by atoms with E-state index in [2.05, 4.69) is 5.32 Å². The SMILES string of the molecule is Cc1ccc(C(=O)OCC(=O)Nc2ccc(SC#N)cc2C)cc1. The van der Waals surface area contributed by atoms with Crippen LogP contribution in [-0.2, 0) is 9.53 Å². The van der Waals surface area contributed by atoms with Gasteiger partial charge in [0.05, 0.1) is 5.56 Å². The summed E-state index contributed by atoms with van der Waals surface area (Å²) in [5.41, 5.74) is 2.89. The third-order valence-corrected chi connectivity index (χ3v) is 3.84. The first kappa shape index (κ1) is 17.6. The number of rotatable bonds is 5. The highest BCUT2D eigenvalue weighted by molar-refractivity contribution is 8.03. The van der Waals surface area contributed by atoms with E-state index >= 15 is 0 Å². The number of esters is 1. The van der Waals surface area contributed by atoms with Crippen LogP contribution in [0.2, 0.25) is 0 Å². The van der Waals surface area contributed by atoms with Crippen molar-refractivity contribution >= 4 is 29.3 Å². The Morgan fingerprint density at radius 1 is 1.17 bits per heavy atom. The van der Waals surface area contributed by atoms with Gasteiger partial charge in [0.25, 0.3) is 5.91 Å². The van der Waals surface area contributed by atoms with Crippen LogP contribution in [0.4, 0.5) is 5.69 Å². The molecule has 0 spiro atoms. The van der Waals surface area contributed by atoms with Crippen molar-refractivity contribution in [1.82, 2.24) is 0 Å². The topological polar surface area (TPSA) is 79.2 Å². The molecule has 0 aliphatic rings. The van der Waals surface area contributed by atoms with E-state index in [9.17, 15) is 9.59 Å². The standard InChI is InChI=1S/C18H16N2O3S/c1-12-3-5-14(6-4-12)18(22)23-10-17(21)20-16-8-7-15(24-11-19)9-13(16)2/h3-9H,10H2,1-2H3,(H,20,21). The molecule has 122 valence electrons. The van der Waals surface area contributed by atoms with Crippen LogP contribution in [-0.4, -0.2) is 18.5 Å². The van der Waals surface area contributed by atoms with Gasteiger partial charge in [0.15, 0.2) is 6.61 Å². The van der Waals surface area contributed by atoms with Crippen LogP contribution in [0.15, 0.2) is 47.4 Å². The molecule has 0 radical (unpaired) electrons. The minimum atomic E-state index is -0.539. The summed E-state index contributed by atoms with van der Waals surface area (Å²) in [7, 11) is 0. The molecule has 0 bridgehead atoms. The zero-order chi connectivity index (χ0) is 17.5. The van der Waals surface area contributed by atoms with E-state index in [0.29, 0.717) is 11.3 Å². The molecule has 24 heavy (non-hydrogen) atoms. The number of nitrogens with zero attached hydrogens (tertiary/aromatic N) is 1. The number of hydrogen-bond acceptors (Lipinski definition) is 5. The predicted octanol–water partition coefficient (Wildman–Crippen LogP) is 3.67. The lowest BCUT2D eigenvalue weighted by atomic mass is 10.1. The van der Waals surface area contributed by atoms with Gasteiger partial charge in [-0.15, -0.1) is 0 Å². The lowest BCUT2D eigenvalue weighted by molar-refractivity contribution is -0.119. The van der Waals surface area contributed by atoms with Crippen molar-refractivity contribution in [3.63, 3.8) is 0 Å². The van der Waals surface area contributed by atoms with Gasteiger partial charge >= 0.3 is 5.97 Å². The molecular formula is C18H16N2O3S. The van der Waals surface area contributed by atoms with Gasteiger partial charge in [-0.1, -0.05) is 17.7 Å². The monoisotopic (exact) mass is 340 g/mol. The lowest BCUT2D eigenvalue weighted by Gasteiger charge is -2.10. The van der Waals surface area contributed by atoms with Crippen molar-refractivity contribution in [1.29, 1.82) is 5.26 Å². The zero-order valence-corrected chi connectivity index (χ0v) is 14.1. The summed E-state index contributed by atoms with van der Waals surface area (Å²) in [6, 6.07) is 12.2. The van der Waals surface area contributed by atoms with Gasteiger partial charge in [0.1, 0.15) is 5.40 Å². The Morgan fingerprint density at radius 2 is 1.88 bits per heavy atom. The second kappa shape index (κ2) is 8.18. The molecule has 2 rings (SSSR count). The van der Waals surface area contributed by atoms with E-state index in [1.165, 1.54) is 0 Å². The van der Waals surface area contributed by atoms with Gasteiger partial charge in [-0.2, -0.15) is 5.26 Å². The van der Waals surface area contributed by atoms with Crippen LogP contribution in [0.5, 0.6) is 0 Å². The van der Waals surface area contributed by atoms with E-state index in [1.807, 2.05) is 25.3 Å². The van der Waals surface area contributed by atoms with Gasteiger partial charge in [0, 0.05) is 10.6 Å². The molecule has 0 aliphatic heterocycles. The van der Waals surface area contributed by atoms with Crippen LogP contribution in [0.3, 0.4) is 0 Å². The van der Waals surface area contributed by atoms with Crippen molar-refractivity contribution in [2.24, 2.45) is 0 Å². The molecule has 0 atom stereocenters. The quantitative estimate of drug-likeness (QED) is 0.510. The molecule has 5 nitrogen and oxygen atoms in total. The number of thioether (sulfide) groups is 1. The summed E-state index contributed by atoms with van der Waals surface area (Å²) in [5, 5.41) is 13.3. The number of carbonyl (C=O) groups is 2. The molecule has 1 N–H and O–H groups in total. The van der Waals surface area contributed by atoms with Gasteiger partial charge < -0.3 is 10.1 Å². The highest BCUT2D eigenvalue weighted by Crippen LogP contribution is 2.23. The van der Waals surface area contributed by atoms with E-state index < -0.39 is 11.9 Å². The molecule has 0 fully saturated rings. The number of anilines is 1. The maximum Gasteiger partial charge on any atom is 0.338 e. The Labute approximate surface area is 144 Å². The van der Waals surface area contributed by atoms with E-state index in [4.69, 9.17) is 10.00 Å². The van der Waals surface area contributed by atoms with Crippen LogP contribution < -0.4 is 5.32 Å². The molecule has 6 heteroatoms. The predicted molar refractivity (Wildman–Crippen MR) is 92.7 cm³/mol. The number of hydrogen-bond donors (Lipinski definition) is 1. The van der Waals surface area contributed by atoms with Crippen LogP contribution >= 0.6 is 11.8 Å². The molecule has 0 saturated heterocycles. The Kier molecular flexibility index (Phi) is 5.99. The fourth-order valence-electron chi connectivity index (χ4n) is 1.98. The van der Waals surface area contributed by atoms with E-state index in [1.54, 1.807) is 36.4 Å². The first-order valence-corrected chi connectivity index (χ1v) is 8.01. The fourth-order valence-corrected chi connectivity index (χ4v) is 2.46. The second-order valence-electron chi connectivity index (χ2n) is 5.16. The summed E-state index contributed by atoms with van der Waals surface area (Å²) < 4.78 is 5.01. The lowest BCUT2D eigenvalue weighted by Crippen LogP contribution is -2.21. The molecule has 0 aromatic heterocycles. The van der Waals surface area contributed by atoms with Crippen molar-refractivity contribution < 1.29 is 14.3 Å². The average Bonchev–Trinajstić information content (AvgIpc) is 2.56. The molecule has 0 saturated carbocycles. The Hall–Kier alpha value is -2.78. The third-order valence-electron chi connectivity index (χ3n) is 3.26. The minimum absolute atomic E-state index is 0.360. The molecular weight excluding hydrogens is 324 g/mol. The fraction of sp³-hybridized carbons (Fsp3) is 0.167. The Morgan fingerprint density at radius 3 is 2.50 bits per heavy atom. The van der Waals surface area contributed by atoms with Crippen molar-refractivity contribution in [2.75, 3.05) is 11.9 Å². The molecule has 2 aromatic carbocycles. The number of benzene rings is 2. The molecule has 0 unspecified atom stereocenters. The minimum Gasteiger partial charge on any atom is -0.452 e. The van der Waals surface area contributed by atoms with Crippen LogP contribution in [0.25, 0.3) is 0 Å². The number of nitriles is 1. The van der Waals surface area contributed by atoms with Crippen LogP contribution in [0.1, 0.15) is 21.5 Å². The van der Waals surface area contributed by atoms with Gasteiger partial charge in [-0.25, -0.2) is 4.79 Å². The maximum absolute atomic E-state index is 11.9. The van der Waals surface area contributed by atoms with E-state index in [-0.39, 0.29) is 6.61 Å². The number of ether oxygens (including phenoxy) is 1. The summed E-state index contributed by atoms with van der Waals surface area (Å²) in [5.74, 6) is -0.957. The van der Waals surface area contributed by atoms with Gasteiger partial charge in [0.2, 0.25) is 0 Å². The Balaban J connectivity index is 1.90. The largest absolute Gasteiger partial charge is 0.452 e. The number of amides is 1. The highest BCUT2D eigenvalue weighted by Gasteiger charge is 2.11. The number of carbonyl (C=O) groups excluding carboxylic acids is 2. The summed E-state index contributed by atoms with van der Waals surface area (Å²) >= 11 is 1.05. The molecule has 1 amide bonds. The Bertz CT molecular complexity index is 795. The molecule has 0 heterocycles. The normalized spacial score (nSPS) is 9.88. The maximum atomic E-state index is 11.9. The van der Waals surface area contributed by atoms with Gasteiger partial charge in [-0.05, 0) is 61.5 Å². The summed E-state index contributed by atoms with van der Waals surface area (Å²) in [6.07, 6.45) is 0. The van der Waals surface area contributed by atoms with Gasteiger partial charge in [-0.3, -0.25) is 4.79 Å². The summed E-state index contributed by atoms with van der Waals surface area (Å²) in [4.78, 5) is 24.6. The third kappa shape index (κ3) is 4.86. The van der Waals surface area contributed by atoms with Crippen molar-refractivity contribution in [2.45, 2.75) is 18.7 Å². The smallest absolute Gasteiger partial charge is 0.338 e. The zero-order valence-electron chi connectivity index (χ0n) is 13.3.